The first-order chi connectivity index (χ1) is 8.26. The summed E-state index contributed by atoms with van der Waals surface area (Å²) in [7, 11) is -4.19. The lowest BCUT2D eigenvalue weighted by Gasteiger charge is -2.12. The maximum atomic E-state index is 13.1. The summed E-state index contributed by atoms with van der Waals surface area (Å²) in [5.41, 5.74) is 0.381. The van der Waals surface area contributed by atoms with Gasteiger partial charge in [-0.05, 0) is 30.7 Å². The number of aliphatic hydroxyl groups is 1. The third kappa shape index (κ3) is 3.49. The van der Waals surface area contributed by atoms with Crippen molar-refractivity contribution in [3.63, 3.8) is 0 Å². The molecule has 1 aromatic carbocycles. The van der Waals surface area contributed by atoms with E-state index in [0.29, 0.717) is 5.56 Å². The van der Waals surface area contributed by atoms with Crippen LogP contribution in [0.3, 0.4) is 0 Å². The molecular formula is C10H12FNO5S. The Bertz CT molecular complexity index is 537. The Morgan fingerprint density at radius 1 is 1.44 bits per heavy atom. The smallest absolute Gasteiger partial charge is 0.324 e. The highest BCUT2D eigenvalue weighted by Crippen LogP contribution is 2.14. The van der Waals surface area contributed by atoms with Gasteiger partial charge in [-0.1, -0.05) is 0 Å². The molecule has 100 valence electrons. The standard InChI is InChI=1S/C10H12FNO5S/c1-6-2-7(11)4-8(3-6)18(16,17)12-9(5-13)10(14)15/h2-4,9,12-13H,5H2,1H3,(H,14,15). The van der Waals surface area contributed by atoms with Crippen LogP contribution in [0.5, 0.6) is 0 Å². The van der Waals surface area contributed by atoms with E-state index >= 15 is 0 Å². The van der Waals surface area contributed by atoms with E-state index in [-0.39, 0.29) is 4.90 Å². The number of halogens is 1. The number of aliphatic hydroxyl groups excluding tert-OH is 1. The molecule has 1 unspecified atom stereocenters. The maximum absolute atomic E-state index is 13.1. The van der Waals surface area contributed by atoms with Crippen molar-refractivity contribution in [3.05, 3.63) is 29.6 Å². The van der Waals surface area contributed by atoms with Gasteiger partial charge in [0.2, 0.25) is 10.0 Å². The highest BCUT2D eigenvalue weighted by molar-refractivity contribution is 7.89. The maximum Gasteiger partial charge on any atom is 0.324 e. The summed E-state index contributed by atoms with van der Waals surface area (Å²) in [5.74, 6) is -2.26. The molecule has 0 fully saturated rings. The number of benzene rings is 1. The van der Waals surface area contributed by atoms with Gasteiger partial charge in [0.15, 0.2) is 0 Å². The van der Waals surface area contributed by atoms with Crippen LogP contribution in [0.25, 0.3) is 0 Å². The number of aryl methyl sites for hydroxylation is 1. The van der Waals surface area contributed by atoms with E-state index in [9.17, 15) is 17.6 Å². The quantitative estimate of drug-likeness (QED) is 0.695. The fourth-order valence-corrected chi connectivity index (χ4v) is 2.57. The highest BCUT2D eigenvalue weighted by Gasteiger charge is 2.25. The van der Waals surface area contributed by atoms with Crippen molar-refractivity contribution in [1.29, 1.82) is 0 Å². The number of hydrogen-bond acceptors (Lipinski definition) is 4. The lowest BCUT2D eigenvalue weighted by atomic mass is 10.2. The summed E-state index contributed by atoms with van der Waals surface area (Å²) in [6.07, 6.45) is 0. The monoisotopic (exact) mass is 277 g/mol. The zero-order valence-corrected chi connectivity index (χ0v) is 10.2. The van der Waals surface area contributed by atoms with Crippen LogP contribution in [0, 0.1) is 12.7 Å². The average molecular weight is 277 g/mol. The van der Waals surface area contributed by atoms with Crippen molar-refractivity contribution in [1.82, 2.24) is 4.72 Å². The first-order valence-corrected chi connectivity index (χ1v) is 6.38. The van der Waals surface area contributed by atoms with Crippen molar-refractivity contribution >= 4 is 16.0 Å². The number of nitrogens with one attached hydrogen (secondary N) is 1. The van der Waals surface area contributed by atoms with Crippen LogP contribution in [-0.4, -0.2) is 37.2 Å². The molecule has 1 rings (SSSR count). The molecular weight excluding hydrogens is 265 g/mol. The number of rotatable bonds is 5. The topological polar surface area (TPSA) is 104 Å². The van der Waals surface area contributed by atoms with Gasteiger partial charge < -0.3 is 10.2 Å². The molecule has 0 saturated carbocycles. The summed E-state index contributed by atoms with van der Waals surface area (Å²) >= 11 is 0. The molecule has 1 atom stereocenters. The molecule has 0 spiro atoms. The molecule has 0 aliphatic rings. The van der Waals surface area contributed by atoms with Crippen LogP contribution in [0.4, 0.5) is 4.39 Å². The Hall–Kier alpha value is -1.51. The van der Waals surface area contributed by atoms with Crippen LogP contribution in [-0.2, 0) is 14.8 Å². The molecule has 0 radical (unpaired) electrons. The Balaban J connectivity index is 3.10. The number of hydrogen-bond donors (Lipinski definition) is 3. The van der Waals surface area contributed by atoms with E-state index in [1.54, 1.807) is 4.72 Å². The molecule has 6 nitrogen and oxygen atoms in total. The molecule has 0 aliphatic heterocycles. The van der Waals surface area contributed by atoms with Crippen LogP contribution in [0.1, 0.15) is 5.56 Å². The molecule has 1 aromatic rings. The predicted octanol–water partition coefficient (Wildman–Crippen LogP) is -0.142. The van der Waals surface area contributed by atoms with Crippen molar-refractivity contribution in [3.8, 4) is 0 Å². The molecule has 0 heterocycles. The number of carboxylic acids is 1. The van der Waals surface area contributed by atoms with Gasteiger partial charge in [-0.15, -0.1) is 0 Å². The van der Waals surface area contributed by atoms with E-state index in [0.717, 1.165) is 12.1 Å². The highest BCUT2D eigenvalue weighted by atomic mass is 32.2. The summed E-state index contributed by atoms with van der Waals surface area (Å²) in [6.45, 7) is 0.603. The summed E-state index contributed by atoms with van der Waals surface area (Å²) in [5, 5.41) is 17.4. The van der Waals surface area contributed by atoms with E-state index in [1.165, 1.54) is 13.0 Å². The van der Waals surface area contributed by atoms with Crippen LogP contribution in [0.15, 0.2) is 23.1 Å². The van der Waals surface area contributed by atoms with Crippen LogP contribution >= 0.6 is 0 Å². The van der Waals surface area contributed by atoms with Gasteiger partial charge in [-0.25, -0.2) is 12.8 Å². The van der Waals surface area contributed by atoms with Crippen LogP contribution < -0.4 is 4.72 Å². The van der Waals surface area contributed by atoms with Gasteiger partial charge >= 0.3 is 5.97 Å². The summed E-state index contributed by atoms with van der Waals surface area (Å²) in [6, 6.07) is 1.44. The lowest BCUT2D eigenvalue weighted by Crippen LogP contribution is -2.43. The molecule has 0 aromatic heterocycles. The number of sulfonamides is 1. The second-order valence-electron chi connectivity index (χ2n) is 3.66. The minimum absolute atomic E-state index is 0.381. The predicted molar refractivity (Wildman–Crippen MR) is 60.0 cm³/mol. The van der Waals surface area contributed by atoms with Crippen LogP contribution in [0.2, 0.25) is 0 Å². The number of aliphatic carboxylic acids is 1. The zero-order chi connectivity index (χ0) is 13.9. The van der Waals surface area contributed by atoms with Crippen molar-refractivity contribution in [2.24, 2.45) is 0 Å². The fourth-order valence-electron chi connectivity index (χ4n) is 1.28. The van der Waals surface area contributed by atoms with Crippen molar-refractivity contribution in [2.75, 3.05) is 6.61 Å². The number of carboxylic acid groups (broad SMARTS) is 1. The Morgan fingerprint density at radius 3 is 2.50 bits per heavy atom. The third-order valence-corrected chi connectivity index (χ3v) is 3.56. The van der Waals surface area contributed by atoms with Gasteiger partial charge in [0.05, 0.1) is 11.5 Å². The SMILES string of the molecule is Cc1cc(F)cc(S(=O)(=O)NC(CO)C(=O)O)c1. The van der Waals surface area contributed by atoms with Gasteiger partial charge in [-0.3, -0.25) is 4.79 Å². The average Bonchev–Trinajstić information content (AvgIpc) is 2.24. The molecule has 3 N–H and O–H groups in total. The minimum Gasteiger partial charge on any atom is -0.480 e. The first kappa shape index (κ1) is 14.6. The normalized spacial score (nSPS) is 13.3. The molecule has 0 aliphatic carbocycles. The van der Waals surface area contributed by atoms with Gasteiger partial charge in [0.25, 0.3) is 0 Å². The molecule has 0 amide bonds. The Morgan fingerprint density at radius 2 is 2.06 bits per heavy atom. The minimum atomic E-state index is -4.19. The van der Waals surface area contributed by atoms with E-state index in [4.69, 9.17) is 10.2 Å². The second-order valence-corrected chi connectivity index (χ2v) is 5.37. The lowest BCUT2D eigenvalue weighted by molar-refractivity contribution is -0.139. The molecule has 0 saturated heterocycles. The fraction of sp³-hybridized carbons (Fsp3) is 0.300. The zero-order valence-electron chi connectivity index (χ0n) is 9.42. The second kappa shape index (κ2) is 5.42. The van der Waals surface area contributed by atoms with E-state index in [1.807, 2.05) is 0 Å². The number of carbonyl (C=O) groups is 1. The Labute approximate surface area is 103 Å². The largest absolute Gasteiger partial charge is 0.480 e. The van der Waals surface area contributed by atoms with Gasteiger partial charge in [0, 0.05) is 0 Å². The molecule has 0 bridgehead atoms. The van der Waals surface area contributed by atoms with Crippen molar-refractivity contribution in [2.45, 2.75) is 17.9 Å². The summed E-state index contributed by atoms with van der Waals surface area (Å²) in [4.78, 5) is 10.2. The first-order valence-electron chi connectivity index (χ1n) is 4.89. The summed E-state index contributed by atoms with van der Waals surface area (Å²) < 4.78 is 38.4. The van der Waals surface area contributed by atoms with E-state index in [2.05, 4.69) is 0 Å². The molecule has 18 heavy (non-hydrogen) atoms. The van der Waals surface area contributed by atoms with Crippen molar-refractivity contribution < 1.29 is 27.8 Å². The third-order valence-electron chi connectivity index (χ3n) is 2.10. The Kier molecular flexibility index (Phi) is 4.38. The van der Waals surface area contributed by atoms with E-state index < -0.39 is 34.5 Å². The molecule has 8 heteroatoms. The van der Waals surface area contributed by atoms with Gasteiger partial charge in [-0.2, -0.15) is 4.72 Å². The van der Waals surface area contributed by atoms with Gasteiger partial charge in [0.1, 0.15) is 11.9 Å².